The van der Waals surface area contributed by atoms with Crippen molar-refractivity contribution in [3.63, 3.8) is 0 Å². The molecule has 0 unspecified atom stereocenters. The molecule has 4 heteroatoms. The fourth-order valence-electron chi connectivity index (χ4n) is 1.74. The SMILES string of the molecule is CCCOc1nc2ccc(C)cc2cc1C(=O)O. The minimum atomic E-state index is -1.02. The molecule has 0 atom stereocenters. The molecule has 1 aromatic carbocycles. The van der Waals surface area contributed by atoms with Crippen LogP contribution in [-0.2, 0) is 0 Å². The number of carbonyl (C=O) groups is 1. The van der Waals surface area contributed by atoms with Crippen molar-refractivity contribution in [1.29, 1.82) is 0 Å². The van der Waals surface area contributed by atoms with E-state index in [2.05, 4.69) is 4.98 Å². The lowest BCUT2D eigenvalue weighted by Crippen LogP contribution is -2.06. The lowest BCUT2D eigenvalue weighted by Gasteiger charge is -2.09. The number of carboxylic acid groups (broad SMARTS) is 1. The molecule has 0 spiro atoms. The van der Waals surface area contributed by atoms with Gasteiger partial charge in [-0.05, 0) is 31.5 Å². The molecule has 0 saturated carbocycles. The molecule has 0 radical (unpaired) electrons. The summed E-state index contributed by atoms with van der Waals surface area (Å²) in [6.45, 7) is 4.39. The zero-order valence-electron chi connectivity index (χ0n) is 10.4. The van der Waals surface area contributed by atoms with Crippen LogP contribution in [0.1, 0.15) is 29.3 Å². The Morgan fingerprint density at radius 3 is 2.83 bits per heavy atom. The maximum Gasteiger partial charge on any atom is 0.341 e. The normalized spacial score (nSPS) is 10.6. The van der Waals surface area contributed by atoms with Crippen molar-refractivity contribution in [2.45, 2.75) is 20.3 Å². The van der Waals surface area contributed by atoms with Crippen molar-refractivity contribution in [2.75, 3.05) is 6.61 Å². The maximum atomic E-state index is 11.2. The molecule has 1 aromatic heterocycles. The summed E-state index contributed by atoms with van der Waals surface area (Å²) in [6.07, 6.45) is 0.812. The highest BCUT2D eigenvalue weighted by Gasteiger charge is 2.14. The second-order valence-corrected chi connectivity index (χ2v) is 4.19. The van der Waals surface area contributed by atoms with Gasteiger partial charge in [-0.3, -0.25) is 0 Å². The van der Waals surface area contributed by atoms with Crippen LogP contribution in [-0.4, -0.2) is 22.7 Å². The number of aryl methyl sites for hydroxylation is 1. The van der Waals surface area contributed by atoms with Crippen molar-refractivity contribution in [2.24, 2.45) is 0 Å². The number of hydrogen-bond acceptors (Lipinski definition) is 3. The Balaban J connectivity index is 2.57. The summed E-state index contributed by atoms with van der Waals surface area (Å²) in [7, 11) is 0. The molecule has 0 saturated heterocycles. The number of nitrogens with zero attached hydrogens (tertiary/aromatic N) is 1. The third-order valence-electron chi connectivity index (χ3n) is 2.61. The van der Waals surface area contributed by atoms with Crippen LogP contribution < -0.4 is 4.74 Å². The van der Waals surface area contributed by atoms with E-state index in [0.717, 1.165) is 22.9 Å². The maximum absolute atomic E-state index is 11.2. The van der Waals surface area contributed by atoms with Gasteiger partial charge < -0.3 is 9.84 Å². The predicted molar refractivity (Wildman–Crippen MR) is 69.2 cm³/mol. The van der Waals surface area contributed by atoms with E-state index < -0.39 is 5.97 Å². The van der Waals surface area contributed by atoms with Crippen molar-refractivity contribution < 1.29 is 14.6 Å². The van der Waals surface area contributed by atoms with Gasteiger partial charge in [0.1, 0.15) is 5.56 Å². The molecule has 0 amide bonds. The molecule has 4 nitrogen and oxygen atoms in total. The molecule has 0 fully saturated rings. The molecule has 2 rings (SSSR count). The van der Waals surface area contributed by atoms with Gasteiger partial charge >= 0.3 is 5.97 Å². The van der Waals surface area contributed by atoms with Crippen LogP contribution in [0, 0.1) is 6.92 Å². The first-order valence-corrected chi connectivity index (χ1v) is 5.89. The van der Waals surface area contributed by atoms with Crippen LogP contribution in [0.15, 0.2) is 24.3 Å². The Morgan fingerprint density at radius 2 is 2.17 bits per heavy atom. The predicted octanol–water partition coefficient (Wildman–Crippen LogP) is 3.03. The topological polar surface area (TPSA) is 59.4 Å². The third-order valence-corrected chi connectivity index (χ3v) is 2.61. The van der Waals surface area contributed by atoms with Gasteiger partial charge in [-0.25, -0.2) is 9.78 Å². The minimum Gasteiger partial charge on any atom is -0.477 e. The number of aromatic carboxylic acids is 1. The average Bonchev–Trinajstić information content (AvgIpc) is 2.35. The highest BCUT2D eigenvalue weighted by molar-refractivity contribution is 5.95. The molecule has 2 aromatic rings. The molecular formula is C14H15NO3. The second kappa shape index (κ2) is 5.04. The fourth-order valence-corrected chi connectivity index (χ4v) is 1.74. The van der Waals surface area contributed by atoms with Gasteiger partial charge in [0.15, 0.2) is 0 Å². The van der Waals surface area contributed by atoms with Gasteiger partial charge in [-0.15, -0.1) is 0 Å². The number of ether oxygens (including phenoxy) is 1. The molecule has 94 valence electrons. The van der Waals surface area contributed by atoms with E-state index in [1.54, 1.807) is 6.07 Å². The number of fused-ring (bicyclic) bond motifs is 1. The Labute approximate surface area is 105 Å². The average molecular weight is 245 g/mol. The number of aromatic nitrogens is 1. The number of carboxylic acids is 1. The highest BCUT2D eigenvalue weighted by Crippen LogP contribution is 2.23. The van der Waals surface area contributed by atoms with E-state index in [1.807, 2.05) is 32.0 Å². The monoisotopic (exact) mass is 245 g/mol. The minimum absolute atomic E-state index is 0.113. The summed E-state index contributed by atoms with van der Waals surface area (Å²) in [5.74, 6) is -0.822. The van der Waals surface area contributed by atoms with Crippen LogP contribution in [0.5, 0.6) is 5.88 Å². The number of hydrogen-bond donors (Lipinski definition) is 1. The van der Waals surface area contributed by atoms with Crippen molar-refractivity contribution in [1.82, 2.24) is 4.98 Å². The van der Waals surface area contributed by atoms with Crippen molar-refractivity contribution in [3.8, 4) is 5.88 Å². The van der Waals surface area contributed by atoms with E-state index in [0.29, 0.717) is 6.61 Å². The van der Waals surface area contributed by atoms with Crippen molar-refractivity contribution >= 4 is 16.9 Å². The lowest BCUT2D eigenvalue weighted by molar-refractivity contribution is 0.0691. The van der Waals surface area contributed by atoms with Crippen LogP contribution in [0.4, 0.5) is 0 Å². The van der Waals surface area contributed by atoms with E-state index in [4.69, 9.17) is 4.74 Å². The Bertz CT molecular complexity index is 593. The molecule has 0 aliphatic heterocycles. The first-order valence-electron chi connectivity index (χ1n) is 5.89. The standard InChI is InChI=1S/C14H15NO3/c1-3-6-18-13-11(14(16)17)8-10-7-9(2)4-5-12(10)15-13/h4-5,7-8H,3,6H2,1-2H3,(H,16,17). The van der Waals surface area contributed by atoms with Crippen LogP contribution >= 0.6 is 0 Å². The lowest BCUT2D eigenvalue weighted by atomic mass is 10.1. The third kappa shape index (κ3) is 2.42. The molecule has 18 heavy (non-hydrogen) atoms. The summed E-state index contributed by atoms with van der Waals surface area (Å²) in [5, 5.41) is 9.99. The Kier molecular flexibility index (Phi) is 3.46. The van der Waals surface area contributed by atoms with Crippen LogP contribution in [0.25, 0.3) is 10.9 Å². The molecule has 1 heterocycles. The van der Waals surface area contributed by atoms with Gasteiger partial charge in [0, 0.05) is 5.39 Å². The van der Waals surface area contributed by atoms with Crippen LogP contribution in [0.3, 0.4) is 0 Å². The molecule has 1 N–H and O–H groups in total. The van der Waals surface area contributed by atoms with Gasteiger partial charge in [0.25, 0.3) is 0 Å². The van der Waals surface area contributed by atoms with E-state index >= 15 is 0 Å². The summed E-state index contributed by atoms with van der Waals surface area (Å²) in [4.78, 5) is 15.5. The largest absolute Gasteiger partial charge is 0.477 e. The molecule has 0 bridgehead atoms. The van der Waals surface area contributed by atoms with Crippen molar-refractivity contribution in [3.05, 3.63) is 35.4 Å². The summed E-state index contributed by atoms with van der Waals surface area (Å²) >= 11 is 0. The number of pyridine rings is 1. The fraction of sp³-hybridized carbons (Fsp3) is 0.286. The highest BCUT2D eigenvalue weighted by atomic mass is 16.5. The van der Waals surface area contributed by atoms with Gasteiger partial charge in [-0.1, -0.05) is 18.6 Å². The molecular weight excluding hydrogens is 230 g/mol. The van der Waals surface area contributed by atoms with Gasteiger partial charge in [-0.2, -0.15) is 0 Å². The zero-order chi connectivity index (χ0) is 13.1. The number of rotatable bonds is 4. The zero-order valence-corrected chi connectivity index (χ0v) is 10.4. The van der Waals surface area contributed by atoms with Crippen LogP contribution in [0.2, 0.25) is 0 Å². The first-order chi connectivity index (χ1) is 8.61. The first kappa shape index (κ1) is 12.4. The smallest absolute Gasteiger partial charge is 0.341 e. The van der Waals surface area contributed by atoms with Gasteiger partial charge in [0.05, 0.1) is 12.1 Å². The number of benzene rings is 1. The Morgan fingerprint density at radius 1 is 1.39 bits per heavy atom. The van der Waals surface area contributed by atoms with E-state index in [1.165, 1.54) is 0 Å². The quantitative estimate of drug-likeness (QED) is 0.899. The molecule has 0 aliphatic rings. The molecule has 0 aliphatic carbocycles. The second-order valence-electron chi connectivity index (χ2n) is 4.19. The summed E-state index contributed by atoms with van der Waals surface area (Å²) in [5.41, 5.74) is 1.93. The van der Waals surface area contributed by atoms with E-state index in [-0.39, 0.29) is 11.4 Å². The summed E-state index contributed by atoms with van der Waals surface area (Å²) in [6, 6.07) is 7.34. The Hall–Kier alpha value is -2.10. The van der Waals surface area contributed by atoms with E-state index in [9.17, 15) is 9.90 Å². The van der Waals surface area contributed by atoms with Gasteiger partial charge in [0.2, 0.25) is 5.88 Å². The summed E-state index contributed by atoms with van der Waals surface area (Å²) < 4.78 is 5.39.